The summed E-state index contributed by atoms with van der Waals surface area (Å²) in [5.41, 5.74) is 4.55. The van der Waals surface area contributed by atoms with Gasteiger partial charge in [-0.15, -0.1) is 0 Å². The van der Waals surface area contributed by atoms with E-state index in [0.717, 1.165) is 22.2 Å². The van der Waals surface area contributed by atoms with Gasteiger partial charge in [0.15, 0.2) is 0 Å². The van der Waals surface area contributed by atoms with Crippen LogP contribution in [0, 0.1) is 11.3 Å². The Morgan fingerprint density at radius 1 is 1.03 bits per heavy atom. The number of rotatable bonds is 5. The summed E-state index contributed by atoms with van der Waals surface area (Å²) in [4.78, 5) is 8.07. The maximum absolute atomic E-state index is 12.4. The lowest BCUT2D eigenvalue weighted by molar-refractivity contribution is 0.588. The van der Waals surface area contributed by atoms with Crippen molar-refractivity contribution in [2.75, 3.05) is 7.05 Å². The van der Waals surface area contributed by atoms with Crippen LogP contribution in [0.1, 0.15) is 17.0 Å². The fraction of sp³-hybridized carbons (Fsp3) is 0.0435. The monoisotopic (exact) mass is 414 g/mol. The van der Waals surface area contributed by atoms with E-state index in [4.69, 9.17) is 5.26 Å². The topological polar surface area (TPSA) is 98.6 Å². The molecule has 6 nitrogen and oxygen atoms in total. The Morgan fingerprint density at radius 3 is 2.53 bits per heavy atom. The number of imidazole rings is 1. The average Bonchev–Trinajstić information content (AvgIpc) is 3.20. The van der Waals surface area contributed by atoms with Gasteiger partial charge in [-0.1, -0.05) is 42.5 Å². The Hall–Kier alpha value is -3.73. The van der Waals surface area contributed by atoms with E-state index in [1.807, 2.05) is 48.6 Å². The summed E-state index contributed by atoms with van der Waals surface area (Å²) >= 11 is 0. The van der Waals surface area contributed by atoms with Crippen LogP contribution in [0.2, 0.25) is 0 Å². The number of sulfonamides is 1. The van der Waals surface area contributed by atoms with Crippen molar-refractivity contribution in [3.05, 3.63) is 83.7 Å². The number of hydrogen-bond acceptors (Lipinski definition) is 4. The van der Waals surface area contributed by atoms with Crippen LogP contribution >= 0.6 is 0 Å². The number of benzene rings is 3. The molecule has 0 aliphatic rings. The highest BCUT2D eigenvalue weighted by atomic mass is 32.2. The summed E-state index contributed by atoms with van der Waals surface area (Å²) in [6.45, 7) is 0. The van der Waals surface area contributed by atoms with Crippen LogP contribution in [-0.4, -0.2) is 25.4 Å². The number of nitriles is 1. The van der Waals surface area contributed by atoms with Gasteiger partial charge in [0.1, 0.15) is 5.82 Å². The summed E-state index contributed by atoms with van der Waals surface area (Å²) in [6, 6.07) is 21.9. The van der Waals surface area contributed by atoms with Crippen molar-refractivity contribution in [3.8, 4) is 17.2 Å². The second-order valence-corrected chi connectivity index (χ2v) is 8.48. The fourth-order valence-electron chi connectivity index (χ4n) is 3.17. The summed E-state index contributed by atoms with van der Waals surface area (Å²) in [6.07, 6.45) is 3.77. The zero-order valence-corrected chi connectivity index (χ0v) is 16.9. The molecule has 0 radical (unpaired) electrons. The molecule has 148 valence electrons. The number of aromatic nitrogens is 2. The van der Waals surface area contributed by atoms with E-state index in [9.17, 15) is 8.42 Å². The number of nitrogens with one attached hydrogen (secondary N) is 2. The molecule has 4 aromatic rings. The highest BCUT2D eigenvalue weighted by Gasteiger charge is 2.17. The Balaban J connectivity index is 1.69. The van der Waals surface area contributed by atoms with Crippen molar-refractivity contribution in [1.82, 2.24) is 14.7 Å². The molecule has 0 aliphatic heterocycles. The van der Waals surface area contributed by atoms with E-state index in [1.54, 1.807) is 30.3 Å². The number of hydrogen-bond donors (Lipinski definition) is 2. The smallest absolute Gasteiger partial charge is 0.240 e. The Kier molecular flexibility index (Phi) is 5.19. The molecule has 2 N–H and O–H groups in total. The molecule has 3 aromatic carbocycles. The second-order valence-electron chi connectivity index (χ2n) is 6.62. The van der Waals surface area contributed by atoms with Crippen LogP contribution in [0.4, 0.5) is 0 Å². The third-order valence-electron chi connectivity index (χ3n) is 4.73. The van der Waals surface area contributed by atoms with E-state index in [0.29, 0.717) is 17.0 Å². The molecule has 0 atom stereocenters. The standard InChI is InChI=1S/C23H18N4O2S/c1-25-30(28,29)22-5-3-2-4-19(22)18-11-12-20-21(14-18)27-23(26-20)13-10-16-6-8-17(15-24)9-7-16/h2-14,25H,1H3,(H,26,27)/b13-10+. The molecular formula is C23H18N4O2S. The van der Waals surface area contributed by atoms with E-state index >= 15 is 0 Å². The van der Waals surface area contributed by atoms with Crippen LogP contribution in [0.15, 0.2) is 71.6 Å². The minimum Gasteiger partial charge on any atom is -0.338 e. The SMILES string of the molecule is CNS(=O)(=O)c1ccccc1-c1ccc2[nH]c(/C=C/c3ccc(C#N)cc3)nc2c1. The minimum absolute atomic E-state index is 0.225. The Labute approximate surface area is 174 Å². The molecule has 0 saturated heterocycles. The molecule has 1 aromatic heterocycles. The second kappa shape index (κ2) is 7.95. The highest BCUT2D eigenvalue weighted by Crippen LogP contribution is 2.29. The van der Waals surface area contributed by atoms with Crippen molar-refractivity contribution in [2.24, 2.45) is 0 Å². The van der Waals surface area contributed by atoms with Crippen LogP contribution in [0.3, 0.4) is 0 Å². The minimum atomic E-state index is -3.58. The molecule has 7 heteroatoms. The molecule has 4 rings (SSSR count). The lowest BCUT2D eigenvalue weighted by Gasteiger charge is -2.09. The summed E-state index contributed by atoms with van der Waals surface area (Å²) in [7, 11) is -2.18. The molecule has 0 unspecified atom stereocenters. The zero-order valence-electron chi connectivity index (χ0n) is 16.1. The van der Waals surface area contributed by atoms with Gasteiger partial charge in [-0.2, -0.15) is 5.26 Å². The van der Waals surface area contributed by atoms with Gasteiger partial charge >= 0.3 is 0 Å². The van der Waals surface area contributed by atoms with Crippen molar-refractivity contribution < 1.29 is 8.42 Å². The molecule has 30 heavy (non-hydrogen) atoms. The van der Waals surface area contributed by atoms with E-state index < -0.39 is 10.0 Å². The molecular weight excluding hydrogens is 396 g/mol. The maximum Gasteiger partial charge on any atom is 0.240 e. The van der Waals surface area contributed by atoms with Gasteiger partial charge in [0.05, 0.1) is 27.6 Å². The van der Waals surface area contributed by atoms with Crippen LogP contribution < -0.4 is 4.72 Å². The van der Waals surface area contributed by atoms with Gasteiger partial charge in [-0.3, -0.25) is 0 Å². The molecule has 0 spiro atoms. The highest BCUT2D eigenvalue weighted by molar-refractivity contribution is 7.89. The Bertz CT molecular complexity index is 1400. The zero-order chi connectivity index (χ0) is 21.1. The van der Waals surface area contributed by atoms with Crippen LogP contribution in [0.25, 0.3) is 34.3 Å². The predicted molar refractivity (Wildman–Crippen MR) is 118 cm³/mol. The van der Waals surface area contributed by atoms with Gasteiger partial charge in [0.2, 0.25) is 10.0 Å². The largest absolute Gasteiger partial charge is 0.338 e. The van der Waals surface area contributed by atoms with Crippen molar-refractivity contribution in [1.29, 1.82) is 5.26 Å². The van der Waals surface area contributed by atoms with Gasteiger partial charge in [0.25, 0.3) is 0 Å². The van der Waals surface area contributed by atoms with E-state index in [2.05, 4.69) is 20.8 Å². The lowest BCUT2D eigenvalue weighted by Crippen LogP contribution is -2.19. The third kappa shape index (κ3) is 3.87. The molecule has 0 fully saturated rings. The molecule has 0 aliphatic carbocycles. The number of H-pyrrole nitrogens is 1. The normalized spacial score (nSPS) is 11.7. The fourth-order valence-corrected chi connectivity index (χ4v) is 4.12. The van der Waals surface area contributed by atoms with Crippen LogP contribution in [0.5, 0.6) is 0 Å². The number of fused-ring (bicyclic) bond motifs is 1. The first-order chi connectivity index (χ1) is 14.5. The van der Waals surface area contributed by atoms with Gasteiger partial charge in [-0.05, 0) is 54.6 Å². The number of nitrogens with zero attached hydrogens (tertiary/aromatic N) is 2. The van der Waals surface area contributed by atoms with Gasteiger partial charge in [-0.25, -0.2) is 18.1 Å². The molecule has 0 amide bonds. The van der Waals surface area contributed by atoms with Crippen molar-refractivity contribution in [3.63, 3.8) is 0 Å². The van der Waals surface area contributed by atoms with Crippen molar-refractivity contribution in [2.45, 2.75) is 4.90 Å². The van der Waals surface area contributed by atoms with E-state index in [-0.39, 0.29) is 4.90 Å². The van der Waals surface area contributed by atoms with Gasteiger partial charge in [0, 0.05) is 5.56 Å². The summed E-state index contributed by atoms with van der Waals surface area (Å²) in [5, 5.41) is 8.88. The first kappa shape index (κ1) is 19.6. The first-order valence-corrected chi connectivity index (χ1v) is 10.7. The average molecular weight is 414 g/mol. The lowest BCUT2D eigenvalue weighted by atomic mass is 10.1. The molecule has 0 saturated carbocycles. The predicted octanol–water partition coefficient (Wildman–Crippen LogP) is 4.18. The number of aromatic amines is 1. The van der Waals surface area contributed by atoms with Crippen molar-refractivity contribution >= 4 is 33.2 Å². The van der Waals surface area contributed by atoms with E-state index in [1.165, 1.54) is 7.05 Å². The van der Waals surface area contributed by atoms with Crippen LogP contribution in [-0.2, 0) is 10.0 Å². The quantitative estimate of drug-likeness (QED) is 0.512. The summed E-state index contributed by atoms with van der Waals surface area (Å²) in [5.74, 6) is 0.683. The third-order valence-corrected chi connectivity index (χ3v) is 6.20. The first-order valence-electron chi connectivity index (χ1n) is 9.21. The Morgan fingerprint density at radius 2 is 1.80 bits per heavy atom. The summed E-state index contributed by atoms with van der Waals surface area (Å²) < 4.78 is 27.1. The van der Waals surface area contributed by atoms with Gasteiger partial charge < -0.3 is 4.98 Å². The molecule has 1 heterocycles. The maximum atomic E-state index is 12.4. The molecule has 0 bridgehead atoms.